The lowest BCUT2D eigenvalue weighted by molar-refractivity contribution is 0.670. The quantitative estimate of drug-likeness (QED) is 0.433. The first kappa shape index (κ1) is 11.0. The van der Waals surface area contributed by atoms with Gasteiger partial charge in [0.2, 0.25) is 0 Å². The van der Waals surface area contributed by atoms with Crippen LogP contribution in [-0.2, 0) is 0 Å². The van der Waals surface area contributed by atoms with Crippen molar-refractivity contribution in [3.8, 4) is 0 Å². The number of rotatable bonds is 7. The average molecular weight is 273 g/mol. The Morgan fingerprint density at radius 3 is 2.60 bits per heavy atom. The van der Waals surface area contributed by atoms with Gasteiger partial charge in [-0.3, -0.25) is 0 Å². The van der Waals surface area contributed by atoms with E-state index in [1.54, 1.807) is 0 Å². The van der Waals surface area contributed by atoms with Crippen molar-refractivity contribution in [2.24, 2.45) is 0 Å². The van der Waals surface area contributed by atoms with Crippen LogP contribution in [0, 0.1) is 0 Å². The molecule has 0 bridgehead atoms. The summed E-state index contributed by atoms with van der Waals surface area (Å²) in [6.45, 7) is 2.38. The standard InChI is InChI=1S/C7H16INS/c1-10-7-3-6-9-5-2-4-8/h9H,2-7H2,1H3. The summed E-state index contributed by atoms with van der Waals surface area (Å²) in [5.74, 6) is 1.29. The van der Waals surface area contributed by atoms with Crippen LogP contribution in [-0.4, -0.2) is 29.5 Å². The van der Waals surface area contributed by atoms with E-state index in [1.165, 1.54) is 36.1 Å². The lowest BCUT2D eigenvalue weighted by Crippen LogP contribution is -2.17. The molecule has 0 aliphatic heterocycles. The second-order valence-electron chi connectivity index (χ2n) is 2.14. The molecule has 0 radical (unpaired) electrons. The molecule has 0 aliphatic rings. The van der Waals surface area contributed by atoms with E-state index in [1.807, 2.05) is 11.8 Å². The largest absolute Gasteiger partial charge is 0.317 e. The highest BCUT2D eigenvalue weighted by Gasteiger charge is 1.85. The van der Waals surface area contributed by atoms with Crippen molar-refractivity contribution >= 4 is 34.4 Å². The van der Waals surface area contributed by atoms with Gasteiger partial charge in [-0.05, 0) is 37.9 Å². The molecule has 0 saturated heterocycles. The molecule has 10 heavy (non-hydrogen) atoms. The fourth-order valence-corrected chi connectivity index (χ4v) is 1.47. The van der Waals surface area contributed by atoms with E-state index in [9.17, 15) is 0 Å². The van der Waals surface area contributed by atoms with Crippen molar-refractivity contribution < 1.29 is 0 Å². The number of alkyl halides is 1. The van der Waals surface area contributed by atoms with Crippen LogP contribution in [0.25, 0.3) is 0 Å². The molecule has 3 heteroatoms. The summed E-state index contributed by atoms with van der Waals surface area (Å²) in [4.78, 5) is 0. The second-order valence-corrected chi connectivity index (χ2v) is 4.20. The molecule has 62 valence electrons. The maximum atomic E-state index is 3.40. The SMILES string of the molecule is CSCCCNCCCI. The number of thioether (sulfide) groups is 1. The van der Waals surface area contributed by atoms with Gasteiger partial charge in [0.15, 0.2) is 0 Å². The van der Waals surface area contributed by atoms with Crippen molar-refractivity contribution in [2.75, 3.05) is 29.5 Å². The monoisotopic (exact) mass is 273 g/mol. The van der Waals surface area contributed by atoms with Crippen LogP contribution in [0.1, 0.15) is 12.8 Å². The van der Waals surface area contributed by atoms with Crippen molar-refractivity contribution in [3.63, 3.8) is 0 Å². The van der Waals surface area contributed by atoms with Gasteiger partial charge in [0.25, 0.3) is 0 Å². The molecule has 0 aromatic heterocycles. The van der Waals surface area contributed by atoms with Crippen LogP contribution in [0.3, 0.4) is 0 Å². The lowest BCUT2D eigenvalue weighted by Gasteiger charge is -2.00. The Bertz CT molecular complexity index is 53.6. The fraction of sp³-hybridized carbons (Fsp3) is 1.00. The Morgan fingerprint density at radius 2 is 2.00 bits per heavy atom. The molecule has 0 amide bonds. The van der Waals surface area contributed by atoms with Gasteiger partial charge >= 0.3 is 0 Å². The first-order chi connectivity index (χ1) is 4.91. The molecule has 0 heterocycles. The third-order valence-electron chi connectivity index (χ3n) is 1.19. The zero-order chi connectivity index (χ0) is 7.66. The Balaban J connectivity index is 2.65. The third-order valence-corrected chi connectivity index (χ3v) is 2.65. The van der Waals surface area contributed by atoms with Crippen LogP contribution >= 0.6 is 34.4 Å². The summed E-state index contributed by atoms with van der Waals surface area (Å²) in [5, 5.41) is 3.40. The number of hydrogen-bond acceptors (Lipinski definition) is 2. The fourth-order valence-electron chi connectivity index (χ4n) is 0.658. The van der Waals surface area contributed by atoms with E-state index in [2.05, 4.69) is 34.2 Å². The van der Waals surface area contributed by atoms with Gasteiger partial charge in [-0.2, -0.15) is 11.8 Å². The van der Waals surface area contributed by atoms with Gasteiger partial charge in [-0.1, -0.05) is 22.6 Å². The smallest absolute Gasteiger partial charge is 0.000735 e. The van der Waals surface area contributed by atoms with E-state index in [0.717, 1.165) is 0 Å². The summed E-state index contributed by atoms with van der Waals surface area (Å²) in [6, 6.07) is 0. The minimum Gasteiger partial charge on any atom is -0.317 e. The first-order valence-corrected chi connectivity index (χ1v) is 6.59. The van der Waals surface area contributed by atoms with Crippen LogP contribution < -0.4 is 5.32 Å². The van der Waals surface area contributed by atoms with Crippen LogP contribution in [0.5, 0.6) is 0 Å². The van der Waals surface area contributed by atoms with Crippen LogP contribution in [0.2, 0.25) is 0 Å². The molecular formula is C7H16INS. The highest BCUT2D eigenvalue weighted by atomic mass is 127. The van der Waals surface area contributed by atoms with E-state index >= 15 is 0 Å². The molecule has 0 unspecified atom stereocenters. The van der Waals surface area contributed by atoms with E-state index in [0.29, 0.717) is 0 Å². The number of nitrogens with one attached hydrogen (secondary N) is 1. The third kappa shape index (κ3) is 9.04. The minimum absolute atomic E-state index is 1.19. The molecule has 0 atom stereocenters. The average Bonchev–Trinajstić information content (AvgIpc) is 1.97. The summed E-state index contributed by atoms with van der Waals surface area (Å²) in [7, 11) is 0. The first-order valence-electron chi connectivity index (χ1n) is 3.67. The van der Waals surface area contributed by atoms with Crippen molar-refractivity contribution in [1.82, 2.24) is 5.32 Å². The van der Waals surface area contributed by atoms with Gasteiger partial charge in [0, 0.05) is 4.43 Å². The van der Waals surface area contributed by atoms with Crippen LogP contribution in [0.15, 0.2) is 0 Å². The summed E-state index contributed by atoms with van der Waals surface area (Å²) >= 11 is 4.34. The molecular weight excluding hydrogens is 257 g/mol. The summed E-state index contributed by atoms with van der Waals surface area (Å²) in [5.41, 5.74) is 0. The van der Waals surface area contributed by atoms with E-state index in [4.69, 9.17) is 0 Å². The molecule has 1 nitrogen and oxygen atoms in total. The number of halogens is 1. The predicted octanol–water partition coefficient (Wildman–Crippen LogP) is 2.15. The highest BCUT2D eigenvalue weighted by molar-refractivity contribution is 14.1. The molecule has 0 spiro atoms. The topological polar surface area (TPSA) is 12.0 Å². The Kier molecular flexibility index (Phi) is 11.1. The molecule has 0 saturated carbocycles. The molecule has 0 aromatic rings. The Labute approximate surface area is 81.9 Å². The summed E-state index contributed by atoms with van der Waals surface area (Å²) in [6.07, 6.45) is 4.77. The maximum Gasteiger partial charge on any atom is 0.000735 e. The molecule has 0 aromatic carbocycles. The van der Waals surface area contributed by atoms with Gasteiger partial charge < -0.3 is 5.32 Å². The predicted molar refractivity (Wildman–Crippen MR) is 59.4 cm³/mol. The zero-order valence-corrected chi connectivity index (χ0v) is 9.50. The Morgan fingerprint density at radius 1 is 1.30 bits per heavy atom. The second kappa shape index (κ2) is 10.0. The Hall–Kier alpha value is 1.04. The van der Waals surface area contributed by atoms with Crippen LogP contribution in [0.4, 0.5) is 0 Å². The number of hydrogen-bond donors (Lipinski definition) is 1. The van der Waals surface area contributed by atoms with Gasteiger partial charge in [-0.25, -0.2) is 0 Å². The molecule has 1 N–H and O–H groups in total. The summed E-state index contributed by atoms with van der Waals surface area (Å²) < 4.78 is 1.27. The van der Waals surface area contributed by atoms with Crippen molar-refractivity contribution in [3.05, 3.63) is 0 Å². The molecule has 0 rings (SSSR count). The zero-order valence-electron chi connectivity index (χ0n) is 6.53. The minimum atomic E-state index is 1.19. The normalized spacial score (nSPS) is 10.2. The van der Waals surface area contributed by atoms with Crippen molar-refractivity contribution in [2.45, 2.75) is 12.8 Å². The van der Waals surface area contributed by atoms with E-state index < -0.39 is 0 Å². The van der Waals surface area contributed by atoms with Gasteiger partial charge in [0.05, 0.1) is 0 Å². The van der Waals surface area contributed by atoms with Gasteiger partial charge in [0.1, 0.15) is 0 Å². The lowest BCUT2D eigenvalue weighted by atomic mass is 10.4. The highest BCUT2D eigenvalue weighted by Crippen LogP contribution is 1.93. The van der Waals surface area contributed by atoms with Gasteiger partial charge in [-0.15, -0.1) is 0 Å². The van der Waals surface area contributed by atoms with E-state index in [-0.39, 0.29) is 0 Å². The maximum absolute atomic E-state index is 3.40. The van der Waals surface area contributed by atoms with Crippen molar-refractivity contribution in [1.29, 1.82) is 0 Å². The molecule has 0 fully saturated rings. The molecule has 0 aliphatic carbocycles.